The van der Waals surface area contributed by atoms with Gasteiger partial charge in [0.15, 0.2) is 0 Å². The molecule has 0 aliphatic carbocycles. The minimum Gasteiger partial charge on any atom is -0.326 e. The van der Waals surface area contributed by atoms with Crippen molar-refractivity contribution in [1.82, 2.24) is 0 Å². The predicted octanol–water partition coefficient (Wildman–Crippen LogP) is 0.626. The fourth-order valence-corrected chi connectivity index (χ4v) is 2.59. The van der Waals surface area contributed by atoms with Crippen molar-refractivity contribution >= 4 is 31.6 Å². The molecule has 1 amide bonds. The average molecular weight is 371 g/mol. The summed E-state index contributed by atoms with van der Waals surface area (Å²) in [5.74, 6) is -0.214. The Morgan fingerprint density at radius 1 is 0.792 bits per heavy atom. The Balaban J connectivity index is 0.000000254. The molecular formula is C14H17N3O5S2. The van der Waals surface area contributed by atoms with E-state index in [1.807, 2.05) is 0 Å². The molecule has 130 valence electrons. The molecule has 2 aromatic carbocycles. The number of sulfonamides is 2. The van der Waals surface area contributed by atoms with Crippen LogP contribution in [-0.2, 0) is 24.8 Å². The summed E-state index contributed by atoms with van der Waals surface area (Å²) in [5.41, 5.74) is 0.532. The Morgan fingerprint density at radius 3 is 1.54 bits per heavy atom. The summed E-state index contributed by atoms with van der Waals surface area (Å²) in [6.07, 6.45) is 0. The molecule has 0 aliphatic heterocycles. The maximum absolute atomic E-state index is 10.9. The maximum atomic E-state index is 10.9. The lowest BCUT2D eigenvalue weighted by Gasteiger charge is -2.02. The third-order valence-corrected chi connectivity index (χ3v) is 4.43. The van der Waals surface area contributed by atoms with Gasteiger partial charge in [-0.15, -0.1) is 0 Å². The molecule has 0 bridgehead atoms. The normalized spacial score (nSPS) is 11.1. The molecule has 0 aliphatic rings. The average Bonchev–Trinajstić information content (AvgIpc) is 2.47. The van der Waals surface area contributed by atoms with Crippen LogP contribution in [0.3, 0.4) is 0 Å². The van der Waals surface area contributed by atoms with E-state index in [4.69, 9.17) is 10.3 Å². The summed E-state index contributed by atoms with van der Waals surface area (Å²) < 4.78 is 42.9. The third kappa shape index (κ3) is 6.87. The van der Waals surface area contributed by atoms with E-state index in [1.165, 1.54) is 43.3 Å². The van der Waals surface area contributed by atoms with Gasteiger partial charge < -0.3 is 5.32 Å². The largest absolute Gasteiger partial charge is 0.326 e. The lowest BCUT2D eigenvalue weighted by atomic mass is 10.3. The van der Waals surface area contributed by atoms with Crippen LogP contribution in [0, 0.1) is 0 Å². The third-order valence-electron chi connectivity index (χ3n) is 2.57. The smallest absolute Gasteiger partial charge is 0.238 e. The van der Waals surface area contributed by atoms with Crippen molar-refractivity contribution in [2.45, 2.75) is 16.7 Å². The highest BCUT2D eigenvalue weighted by Crippen LogP contribution is 2.12. The lowest BCUT2D eigenvalue weighted by molar-refractivity contribution is -0.114. The molecule has 0 saturated carbocycles. The van der Waals surface area contributed by atoms with Crippen LogP contribution in [0.25, 0.3) is 0 Å². The molecule has 8 nitrogen and oxygen atoms in total. The van der Waals surface area contributed by atoms with E-state index < -0.39 is 20.0 Å². The highest BCUT2D eigenvalue weighted by atomic mass is 32.2. The second-order valence-electron chi connectivity index (χ2n) is 4.61. The summed E-state index contributed by atoms with van der Waals surface area (Å²) in [5, 5.41) is 12.2. The zero-order valence-corrected chi connectivity index (χ0v) is 14.3. The Bertz CT molecular complexity index is 893. The van der Waals surface area contributed by atoms with E-state index in [9.17, 15) is 21.6 Å². The molecule has 0 unspecified atom stereocenters. The second kappa shape index (κ2) is 8.02. The first kappa shape index (κ1) is 19.8. The number of nitrogens with one attached hydrogen (secondary N) is 1. The van der Waals surface area contributed by atoms with Crippen LogP contribution in [0.1, 0.15) is 6.92 Å². The van der Waals surface area contributed by atoms with Crippen LogP contribution in [0.5, 0.6) is 0 Å². The predicted molar refractivity (Wildman–Crippen MR) is 89.9 cm³/mol. The number of hydrogen-bond acceptors (Lipinski definition) is 5. The van der Waals surface area contributed by atoms with E-state index >= 15 is 0 Å². The van der Waals surface area contributed by atoms with E-state index in [1.54, 1.807) is 18.2 Å². The molecule has 0 fully saturated rings. The second-order valence-corrected chi connectivity index (χ2v) is 7.73. The zero-order valence-electron chi connectivity index (χ0n) is 12.7. The van der Waals surface area contributed by atoms with Crippen LogP contribution in [0.15, 0.2) is 64.4 Å². The molecule has 2 aromatic rings. The minimum absolute atomic E-state index is 0.0200. The number of amides is 1. The summed E-state index contributed by atoms with van der Waals surface area (Å²) in [7, 11) is -7.16. The highest BCUT2D eigenvalue weighted by Gasteiger charge is 2.06. The van der Waals surface area contributed by atoms with Crippen molar-refractivity contribution in [3.63, 3.8) is 0 Å². The summed E-state index contributed by atoms with van der Waals surface area (Å²) in [6, 6.07) is 13.5. The number of benzene rings is 2. The van der Waals surface area contributed by atoms with Gasteiger partial charge in [-0.05, 0) is 36.4 Å². The first-order valence-corrected chi connectivity index (χ1v) is 9.58. The van der Waals surface area contributed by atoms with Gasteiger partial charge in [-0.25, -0.2) is 27.1 Å². The highest BCUT2D eigenvalue weighted by molar-refractivity contribution is 7.89. The Hall–Kier alpha value is -2.27. The van der Waals surface area contributed by atoms with Crippen molar-refractivity contribution in [2.24, 2.45) is 10.3 Å². The fraction of sp³-hybridized carbons (Fsp3) is 0.0714. The monoisotopic (exact) mass is 371 g/mol. The standard InChI is InChI=1S/C8H10N2O3S.C6H7NO2S/c1-6(11)10-7-2-4-8(5-3-7)14(9,12)13;7-10(8,9)6-4-2-1-3-5-6/h2-5H,1H3,(H,10,11)(H2,9,12,13);1-5H,(H2,7,8,9). The van der Waals surface area contributed by atoms with Crippen LogP contribution in [-0.4, -0.2) is 22.7 Å². The molecule has 5 N–H and O–H groups in total. The van der Waals surface area contributed by atoms with Gasteiger partial charge in [0.1, 0.15) is 0 Å². The van der Waals surface area contributed by atoms with Crippen LogP contribution in [0.4, 0.5) is 5.69 Å². The van der Waals surface area contributed by atoms with Gasteiger partial charge in [0.25, 0.3) is 0 Å². The first-order valence-electron chi connectivity index (χ1n) is 6.48. The molecule has 10 heteroatoms. The fourth-order valence-electron chi connectivity index (χ4n) is 1.54. The molecule has 0 heterocycles. The quantitative estimate of drug-likeness (QED) is 0.723. The Morgan fingerprint density at radius 2 is 1.21 bits per heavy atom. The van der Waals surface area contributed by atoms with E-state index in [-0.39, 0.29) is 15.7 Å². The maximum Gasteiger partial charge on any atom is 0.238 e. The van der Waals surface area contributed by atoms with Crippen molar-refractivity contribution in [2.75, 3.05) is 5.32 Å². The van der Waals surface area contributed by atoms with Gasteiger partial charge >= 0.3 is 0 Å². The van der Waals surface area contributed by atoms with Gasteiger partial charge in [0.05, 0.1) is 9.79 Å². The Labute approximate surface area is 140 Å². The lowest BCUT2D eigenvalue weighted by Crippen LogP contribution is -2.12. The Kier molecular flexibility index (Phi) is 6.60. The van der Waals surface area contributed by atoms with Crippen molar-refractivity contribution in [3.8, 4) is 0 Å². The van der Waals surface area contributed by atoms with Crippen molar-refractivity contribution in [1.29, 1.82) is 0 Å². The molecule has 2 rings (SSSR count). The number of rotatable bonds is 3. The van der Waals surface area contributed by atoms with E-state index in [0.717, 1.165) is 0 Å². The topological polar surface area (TPSA) is 149 Å². The van der Waals surface area contributed by atoms with Crippen molar-refractivity contribution < 1.29 is 21.6 Å². The number of carbonyl (C=O) groups excluding carboxylic acids is 1. The van der Waals surface area contributed by atoms with Gasteiger partial charge in [-0.3, -0.25) is 4.79 Å². The van der Waals surface area contributed by atoms with Gasteiger partial charge in [0.2, 0.25) is 26.0 Å². The summed E-state index contributed by atoms with van der Waals surface area (Å²) in [6.45, 7) is 1.37. The number of anilines is 1. The minimum atomic E-state index is -3.66. The first-order chi connectivity index (χ1) is 11.0. The molecule has 0 radical (unpaired) electrons. The molecule has 0 atom stereocenters. The number of carbonyl (C=O) groups is 1. The molecule has 0 aromatic heterocycles. The van der Waals surface area contributed by atoms with Crippen LogP contribution >= 0.6 is 0 Å². The van der Waals surface area contributed by atoms with Gasteiger partial charge in [-0.1, -0.05) is 18.2 Å². The zero-order chi connectivity index (χ0) is 18.4. The SMILES string of the molecule is CC(=O)Nc1ccc(S(N)(=O)=O)cc1.NS(=O)(=O)c1ccccc1. The van der Waals surface area contributed by atoms with Gasteiger partial charge in [-0.2, -0.15) is 0 Å². The summed E-state index contributed by atoms with van der Waals surface area (Å²) in [4.78, 5) is 10.8. The number of primary sulfonamides is 2. The van der Waals surface area contributed by atoms with Crippen LogP contribution in [0.2, 0.25) is 0 Å². The number of nitrogens with two attached hydrogens (primary N) is 2. The molecular weight excluding hydrogens is 354 g/mol. The van der Waals surface area contributed by atoms with Crippen molar-refractivity contribution in [3.05, 3.63) is 54.6 Å². The number of hydrogen-bond donors (Lipinski definition) is 3. The van der Waals surface area contributed by atoms with E-state index in [2.05, 4.69) is 5.32 Å². The summed E-state index contributed by atoms with van der Waals surface area (Å²) >= 11 is 0. The van der Waals surface area contributed by atoms with Gasteiger partial charge in [0, 0.05) is 12.6 Å². The molecule has 0 saturated heterocycles. The molecule has 24 heavy (non-hydrogen) atoms. The van der Waals surface area contributed by atoms with E-state index in [0.29, 0.717) is 5.69 Å². The van der Waals surface area contributed by atoms with Crippen LogP contribution < -0.4 is 15.6 Å². The molecule has 0 spiro atoms.